The number of aromatic nitrogens is 1. The van der Waals surface area contributed by atoms with Crippen LogP contribution in [0.2, 0.25) is 0 Å². The molecule has 2 rings (SSSR count). The molecule has 5 heteroatoms. The third kappa shape index (κ3) is 3.54. The van der Waals surface area contributed by atoms with E-state index in [1.165, 1.54) is 0 Å². The average molecular weight is 270 g/mol. The number of benzene rings is 1. The van der Waals surface area contributed by atoms with Gasteiger partial charge in [-0.2, -0.15) is 5.10 Å². The van der Waals surface area contributed by atoms with Crippen molar-refractivity contribution in [1.29, 1.82) is 0 Å². The number of carbonyl (C=O) groups excluding carboxylic acids is 1. The SMILES string of the molecule is CCCCc1cc(/C=N/NC(N)=O)c2ccccc2n1. The van der Waals surface area contributed by atoms with Crippen LogP contribution < -0.4 is 11.2 Å². The Morgan fingerprint density at radius 1 is 1.45 bits per heavy atom. The van der Waals surface area contributed by atoms with Crippen molar-refractivity contribution in [3.05, 3.63) is 41.6 Å². The van der Waals surface area contributed by atoms with Crippen molar-refractivity contribution >= 4 is 23.1 Å². The van der Waals surface area contributed by atoms with Gasteiger partial charge >= 0.3 is 6.03 Å². The number of para-hydroxylation sites is 1. The highest BCUT2D eigenvalue weighted by Gasteiger charge is 2.04. The molecule has 0 aliphatic heterocycles. The van der Waals surface area contributed by atoms with E-state index < -0.39 is 6.03 Å². The average Bonchev–Trinajstić information content (AvgIpc) is 2.44. The van der Waals surface area contributed by atoms with Crippen LogP contribution in [0.5, 0.6) is 0 Å². The molecular weight excluding hydrogens is 252 g/mol. The number of nitrogens with two attached hydrogens (primary N) is 1. The van der Waals surface area contributed by atoms with Gasteiger partial charge in [-0.25, -0.2) is 10.2 Å². The first-order valence-corrected chi connectivity index (χ1v) is 6.68. The predicted molar refractivity (Wildman–Crippen MR) is 80.7 cm³/mol. The summed E-state index contributed by atoms with van der Waals surface area (Å²) in [5.74, 6) is 0. The Bertz CT molecular complexity index is 637. The summed E-state index contributed by atoms with van der Waals surface area (Å²) < 4.78 is 0. The maximum atomic E-state index is 10.6. The third-order valence-electron chi connectivity index (χ3n) is 2.97. The Labute approximate surface area is 117 Å². The van der Waals surface area contributed by atoms with Crippen molar-refractivity contribution in [2.45, 2.75) is 26.2 Å². The van der Waals surface area contributed by atoms with Gasteiger partial charge in [0, 0.05) is 16.6 Å². The Balaban J connectivity index is 2.38. The molecular formula is C15H18N4O. The van der Waals surface area contributed by atoms with Crippen LogP contribution in [0.15, 0.2) is 35.4 Å². The molecule has 0 aliphatic carbocycles. The summed E-state index contributed by atoms with van der Waals surface area (Å²) >= 11 is 0. The summed E-state index contributed by atoms with van der Waals surface area (Å²) in [4.78, 5) is 15.3. The lowest BCUT2D eigenvalue weighted by atomic mass is 10.1. The number of nitrogens with one attached hydrogen (secondary N) is 1. The number of urea groups is 1. The van der Waals surface area contributed by atoms with E-state index in [9.17, 15) is 4.79 Å². The quantitative estimate of drug-likeness (QED) is 0.646. The van der Waals surface area contributed by atoms with Gasteiger partial charge in [0.1, 0.15) is 0 Å². The second-order valence-electron chi connectivity index (χ2n) is 4.56. The summed E-state index contributed by atoms with van der Waals surface area (Å²) in [5, 5.41) is 4.84. The highest BCUT2D eigenvalue weighted by atomic mass is 16.2. The van der Waals surface area contributed by atoms with E-state index in [2.05, 4.69) is 22.4 Å². The van der Waals surface area contributed by atoms with Crippen molar-refractivity contribution in [2.75, 3.05) is 0 Å². The summed E-state index contributed by atoms with van der Waals surface area (Å²) in [5.41, 5.74) is 10.1. The monoisotopic (exact) mass is 270 g/mol. The van der Waals surface area contributed by atoms with E-state index >= 15 is 0 Å². The zero-order chi connectivity index (χ0) is 14.4. The molecule has 0 saturated heterocycles. The minimum atomic E-state index is -0.675. The van der Waals surface area contributed by atoms with Gasteiger partial charge in [0.05, 0.1) is 11.7 Å². The first-order valence-electron chi connectivity index (χ1n) is 6.68. The first-order chi connectivity index (χ1) is 9.70. The van der Waals surface area contributed by atoms with Gasteiger partial charge in [-0.05, 0) is 25.0 Å². The molecule has 1 aromatic heterocycles. The van der Waals surface area contributed by atoms with E-state index in [0.29, 0.717) is 0 Å². The van der Waals surface area contributed by atoms with Crippen LogP contribution in [-0.2, 0) is 6.42 Å². The number of unbranched alkanes of at least 4 members (excludes halogenated alkanes) is 1. The predicted octanol–water partition coefficient (Wildman–Crippen LogP) is 2.58. The molecule has 3 N–H and O–H groups in total. The van der Waals surface area contributed by atoms with Gasteiger partial charge in [-0.3, -0.25) is 4.98 Å². The Morgan fingerprint density at radius 2 is 2.25 bits per heavy atom. The summed E-state index contributed by atoms with van der Waals surface area (Å²) in [6, 6.07) is 9.20. The maximum absolute atomic E-state index is 10.6. The smallest absolute Gasteiger partial charge is 0.332 e. The lowest BCUT2D eigenvalue weighted by molar-refractivity contribution is 0.249. The zero-order valence-corrected chi connectivity index (χ0v) is 11.5. The van der Waals surface area contributed by atoms with Crippen molar-refractivity contribution in [2.24, 2.45) is 10.8 Å². The second kappa shape index (κ2) is 6.65. The van der Waals surface area contributed by atoms with Crippen LogP contribution >= 0.6 is 0 Å². The number of carbonyl (C=O) groups is 1. The number of fused-ring (bicyclic) bond motifs is 1. The van der Waals surface area contributed by atoms with Crippen molar-refractivity contribution in [1.82, 2.24) is 10.4 Å². The zero-order valence-electron chi connectivity index (χ0n) is 11.5. The van der Waals surface area contributed by atoms with Crippen LogP contribution in [0.25, 0.3) is 10.9 Å². The molecule has 0 saturated carbocycles. The van der Waals surface area contributed by atoms with Crippen molar-refractivity contribution in [3.63, 3.8) is 0 Å². The van der Waals surface area contributed by atoms with Gasteiger partial charge in [-0.15, -0.1) is 0 Å². The van der Waals surface area contributed by atoms with Crippen molar-refractivity contribution < 1.29 is 4.79 Å². The topological polar surface area (TPSA) is 80.4 Å². The van der Waals surface area contributed by atoms with Gasteiger partial charge in [0.2, 0.25) is 0 Å². The molecule has 0 atom stereocenters. The number of hydrogen-bond acceptors (Lipinski definition) is 3. The van der Waals surface area contributed by atoms with Gasteiger partial charge in [0.25, 0.3) is 0 Å². The standard InChI is InChI=1S/C15H18N4O/c1-2-3-6-12-9-11(10-17-19-15(16)20)13-7-4-5-8-14(13)18-12/h4-5,7-10H,2-3,6H2,1H3,(H3,16,19,20)/b17-10+. The molecule has 1 heterocycles. The molecule has 0 radical (unpaired) electrons. The molecule has 0 spiro atoms. The number of hydrogen-bond donors (Lipinski definition) is 2. The Hall–Kier alpha value is -2.43. The van der Waals surface area contributed by atoms with E-state index in [0.717, 1.165) is 41.4 Å². The van der Waals surface area contributed by atoms with Gasteiger partial charge < -0.3 is 5.73 Å². The highest BCUT2D eigenvalue weighted by Crippen LogP contribution is 2.18. The number of amides is 2. The molecule has 104 valence electrons. The molecule has 0 aliphatic rings. The lowest BCUT2D eigenvalue weighted by Crippen LogP contribution is -2.24. The van der Waals surface area contributed by atoms with Gasteiger partial charge in [-0.1, -0.05) is 31.5 Å². The van der Waals surface area contributed by atoms with Crippen LogP contribution in [0.4, 0.5) is 4.79 Å². The third-order valence-corrected chi connectivity index (χ3v) is 2.97. The molecule has 0 unspecified atom stereocenters. The number of hydrazone groups is 1. The fourth-order valence-electron chi connectivity index (χ4n) is 2.02. The summed E-state index contributed by atoms with van der Waals surface area (Å²) in [6.45, 7) is 2.15. The van der Waals surface area contributed by atoms with Crippen LogP contribution in [-0.4, -0.2) is 17.2 Å². The van der Waals surface area contributed by atoms with E-state index in [4.69, 9.17) is 5.73 Å². The largest absolute Gasteiger partial charge is 0.350 e. The minimum absolute atomic E-state index is 0.675. The van der Waals surface area contributed by atoms with E-state index in [-0.39, 0.29) is 0 Å². The van der Waals surface area contributed by atoms with E-state index in [1.807, 2.05) is 30.3 Å². The van der Waals surface area contributed by atoms with Crippen LogP contribution in [0.3, 0.4) is 0 Å². The van der Waals surface area contributed by atoms with Crippen LogP contribution in [0, 0.1) is 0 Å². The molecule has 5 nitrogen and oxygen atoms in total. The van der Waals surface area contributed by atoms with Crippen molar-refractivity contribution in [3.8, 4) is 0 Å². The second-order valence-corrected chi connectivity index (χ2v) is 4.56. The molecule has 2 amide bonds. The number of rotatable bonds is 5. The molecule has 1 aromatic carbocycles. The Kier molecular flexibility index (Phi) is 4.65. The van der Waals surface area contributed by atoms with E-state index in [1.54, 1.807) is 6.21 Å². The number of pyridine rings is 1. The fraction of sp³-hybridized carbons (Fsp3) is 0.267. The molecule has 0 bridgehead atoms. The fourth-order valence-corrected chi connectivity index (χ4v) is 2.02. The summed E-state index contributed by atoms with van der Waals surface area (Å²) in [7, 11) is 0. The first kappa shape index (κ1) is 14.0. The summed E-state index contributed by atoms with van der Waals surface area (Å²) in [6.07, 6.45) is 4.76. The molecule has 2 aromatic rings. The number of primary amides is 1. The number of aryl methyl sites for hydroxylation is 1. The van der Waals surface area contributed by atoms with Crippen LogP contribution in [0.1, 0.15) is 31.0 Å². The maximum Gasteiger partial charge on any atom is 0.332 e. The lowest BCUT2D eigenvalue weighted by Gasteiger charge is -2.06. The normalized spacial score (nSPS) is 11.1. The molecule has 20 heavy (non-hydrogen) atoms. The minimum Gasteiger partial charge on any atom is -0.350 e. The van der Waals surface area contributed by atoms with Gasteiger partial charge in [0.15, 0.2) is 0 Å². The highest BCUT2D eigenvalue weighted by molar-refractivity contribution is 5.98. The Morgan fingerprint density at radius 3 is 3.00 bits per heavy atom. The molecule has 0 fully saturated rings. The number of nitrogens with zero attached hydrogens (tertiary/aromatic N) is 2.